The average molecular weight is 254 g/mol. The number of nitrogens with zero attached hydrogens (tertiary/aromatic N) is 5. The lowest BCUT2D eigenvalue weighted by atomic mass is 10.6. The predicted molar refractivity (Wildman–Crippen MR) is 62.4 cm³/mol. The molecule has 2 heterocycles. The molecule has 2 rings (SSSR count). The minimum absolute atomic E-state index is 0.563. The molecule has 0 aliphatic heterocycles. The van der Waals surface area contributed by atoms with E-state index in [2.05, 4.69) is 20.3 Å². The van der Waals surface area contributed by atoms with Crippen LogP contribution in [0.15, 0.2) is 9.68 Å². The molecule has 7 nitrogen and oxygen atoms in total. The zero-order valence-electron chi connectivity index (χ0n) is 9.75. The monoisotopic (exact) mass is 254 g/mol. The summed E-state index contributed by atoms with van der Waals surface area (Å²) in [4.78, 5) is 4.13. The molecule has 17 heavy (non-hydrogen) atoms. The minimum atomic E-state index is 0.563. The molecule has 2 aromatic rings. The molecule has 0 unspecified atom stereocenters. The first-order valence-electron chi connectivity index (χ1n) is 5.22. The van der Waals surface area contributed by atoms with Gasteiger partial charge in [-0.2, -0.15) is 4.98 Å². The smallest absolute Gasteiger partial charge is 0.223 e. The second-order valence-electron chi connectivity index (χ2n) is 3.49. The van der Waals surface area contributed by atoms with E-state index in [-0.39, 0.29) is 0 Å². The van der Waals surface area contributed by atoms with Gasteiger partial charge in [0, 0.05) is 20.0 Å². The Labute approximate surface area is 103 Å². The van der Waals surface area contributed by atoms with Crippen LogP contribution in [0, 0.1) is 13.8 Å². The number of rotatable bonds is 5. The lowest BCUT2D eigenvalue weighted by Crippen LogP contribution is -2.12. The van der Waals surface area contributed by atoms with Crippen LogP contribution in [0.2, 0.25) is 0 Å². The fourth-order valence-corrected chi connectivity index (χ4v) is 2.24. The van der Waals surface area contributed by atoms with E-state index in [1.807, 2.05) is 11.5 Å². The minimum Gasteiger partial charge on any atom is -0.340 e. The summed E-state index contributed by atoms with van der Waals surface area (Å²) in [5.41, 5.74) is 5.54. The summed E-state index contributed by atoms with van der Waals surface area (Å²) in [6.45, 7) is 4.95. The molecule has 0 radical (unpaired) electrons. The Balaban J connectivity index is 2.03. The van der Waals surface area contributed by atoms with Crippen LogP contribution in [0.5, 0.6) is 0 Å². The van der Waals surface area contributed by atoms with Gasteiger partial charge >= 0.3 is 0 Å². The highest BCUT2D eigenvalue weighted by atomic mass is 32.2. The third kappa shape index (κ3) is 2.83. The Kier molecular flexibility index (Phi) is 3.75. The Bertz CT molecular complexity index is 493. The van der Waals surface area contributed by atoms with Crippen molar-refractivity contribution in [2.75, 3.05) is 6.54 Å². The second-order valence-corrected chi connectivity index (χ2v) is 4.43. The van der Waals surface area contributed by atoms with Crippen LogP contribution in [0.4, 0.5) is 0 Å². The molecule has 0 amide bonds. The number of nitrogens with two attached hydrogens (primary N) is 1. The van der Waals surface area contributed by atoms with Crippen molar-refractivity contribution < 1.29 is 4.52 Å². The number of hydrogen-bond donors (Lipinski definition) is 1. The van der Waals surface area contributed by atoms with Gasteiger partial charge in [-0.3, -0.25) is 0 Å². The molecular weight excluding hydrogens is 240 g/mol. The van der Waals surface area contributed by atoms with Gasteiger partial charge in [-0.25, -0.2) is 0 Å². The zero-order chi connectivity index (χ0) is 12.3. The lowest BCUT2D eigenvalue weighted by Gasteiger charge is -2.04. The van der Waals surface area contributed by atoms with E-state index in [1.54, 1.807) is 6.92 Å². The summed E-state index contributed by atoms with van der Waals surface area (Å²) in [7, 11) is 0. The molecule has 0 spiro atoms. The van der Waals surface area contributed by atoms with Crippen LogP contribution in [0.3, 0.4) is 0 Å². The fraction of sp³-hybridized carbons (Fsp3) is 0.556. The van der Waals surface area contributed by atoms with Gasteiger partial charge in [0.1, 0.15) is 5.82 Å². The van der Waals surface area contributed by atoms with Gasteiger partial charge in [0.05, 0.1) is 5.75 Å². The molecule has 0 aromatic carbocycles. The van der Waals surface area contributed by atoms with Crippen LogP contribution >= 0.6 is 11.8 Å². The van der Waals surface area contributed by atoms with E-state index in [4.69, 9.17) is 10.3 Å². The highest BCUT2D eigenvalue weighted by Gasteiger charge is 2.10. The zero-order valence-corrected chi connectivity index (χ0v) is 10.6. The Morgan fingerprint density at radius 1 is 1.35 bits per heavy atom. The van der Waals surface area contributed by atoms with E-state index in [0.717, 1.165) is 11.0 Å². The van der Waals surface area contributed by atoms with Crippen molar-refractivity contribution in [3.05, 3.63) is 17.5 Å². The molecule has 0 saturated heterocycles. The number of thioether (sulfide) groups is 1. The average Bonchev–Trinajstić information content (AvgIpc) is 2.86. The largest absolute Gasteiger partial charge is 0.340 e. The van der Waals surface area contributed by atoms with Crippen LogP contribution in [0.1, 0.15) is 17.5 Å². The van der Waals surface area contributed by atoms with Crippen LogP contribution in [-0.2, 0) is 12.3 Å². The molecule has 0 saturated carbocycles. The number of hydrogen-bond acceptors (Lipinski definition) is 7. The van der Waals surface area contributed by atoms with E-state index >= 15 is 0 Å². The van der Waals surface area contributed by atoms with Crippen molar-refractivity contribution in [2.24, 2.45) is 5.73 Å². The molecular formula is C9H14N6OS. The third-order valence-electron chi connectivity index (χ3n) is 2.15. The maximum atomic E-state index is 5.54. The summed E-state index contributed by atoms with van der Waals surface area (Å²) in [5, 5.41) is 12.8. The van der Waals surface area contributed by atoms with Crippen molar-refractivity contribution >= 4 is 11.8 Å². The number of aryl methyl sites for hydroxylation is 2. The summed E-state index contributed by atoms with van der Waals surface area (Å²) < 4.78 is 6.88. The van der Waals surface area contributed by atoms with Gasteiger partial charge in [-0.05, 0) is 6.92 Å². The summed E-state index contributed by atoms with van der Waals surface area (Å²) in [6, 6.07) is 0. The Morgan fingerprint density at radius 2 is 2.18 bits per heavy atom. The fourth-order valence-electron chi connectivity index (χ4n) is 1.38. The maximum Gasteiger partial charge on any atom is 0.223 e. The van der Waals surface area contributed by atoms with Crippen molar-refractivity contribution in [3.63, 3.8) is 0 Å². The van der Waals surface area contributed by atoms with Crippen molar-refractivity contribution in [1.82, 2.24) is 24.9 Å². The van der Waals surface area contributed by atoms with Crippen molar-refractivity contribution in [1.29, 1.82) is 0 Å². The lowest BCUT2D eigenvalue weighted by molar-refractivity contribution is 0.389. The van der Waals surface area contributed by atoms with Crippen LogP contribution in [-0.4, -0.2) is 31.4 Å². The molecule has 0 bridgehead atoms. The SMILES string of the molecule is Cc1nc(CSc2nnc(C)n2CCN)no1. The molecule has 0 aliphatic rings. The van der Waals surface area contributed by atoms with E-state index in [1.165, 1.54) is 11.8 Å². The summed E-state index contributed by atoms with van der Waals surface area (Å²) >= 11 is 1.52. The Morgan fingerprint density at radius 3 is 2.82 bits per heavy atom. The second kappa shape index (κ2) is 5.28. The molecule has 0 aliphatic carbocycles. The van der Waals surface area contributed by atoms with Gasteiger partial charge in [0.15, 0.2) is 11.0 Å². The van der Waals surface area contributed by atoms with Gasteiger partial charge in [0.2, 0.25) is 5.89 Å². The van der Waals surface area contributed by atoms with Gasteiger partial charge in [0.25, 0.3) is 0 Å². The van der Waals surface area contributed by atoms with Crippen LogP contribution in [0.25, 0.3) is 0 Å². The molecule has 0 fully saturated rings. The first kappa shape index (κ1) is 12.1. The number of aromatic nitrogens is 5. The van der Waals surface area contributed by atoms with E-state index in [9.17, 15) is 0 Å². The molecule has 0 atom stereocenters. The van der Waals surface area contributed by atoms with Crippen molar-refractivity contribution in [3.8, 4) is 0 Å². The summed E-state index contributed by atoms with van der Waals surface area (Å²) in [6.07, 6.45) is 0. The molecule has 2 aromatic heterocycles. The van der Waals surface area contributed by atoms with E-state index in [0.29, 0.717) is 30.6 Å². The first-order chi connectivity index (χ1) is 8.20. The molecule has 92 valence electrons. The standard InChI is InChI=1S/C9H14N6OS/c1-6-12-13-9(15(6)4-3-10)17-5-8-11-7(2)16-14-8/h3-5,10H2,1-2H3. The highest BCUT2D eigenvalue weighted by Crippen LogP contribution is 2.20. The van der Waals surface area contributed by atoms with Crippen molar-refractivity contribution in [2.45, 2.75) is 31.3 Å². The van der Waals surface area contributed by atoms with Crippen LogP contribution < -0.4 is 5.73 Å². The highest BCUT2D eigenvalue weighted by molar-refractivity contribution is 7.98. The Hall–Kier alpha value is -1.41. The third-order valence-corrected chi connectivity index (χ3v) is 3.12. The first-order valence-corrected chi connectivity index (χ1v) is 6.21. The normalized spacial score (nSPS) is 11.0. The predicted octanol–water partition coefficient (Wildman–Crippen LogP) is 0.529. The van der Waals surface area contributed by atoms with E-state index < -0.39 is 0 Å². The summed E-state index contributed by atoms with van der Waals surface area (Å²) in [5.74, 6) is 2.70. The molecule has 2 N–H and O–H groups in total. The van der Waals surface area contributed by atoms with Gasteiger partial charge < -0.3 is 14.8 Å². The van der Waals surface area contributed by atoms with Gasteiger partial charge in [-0.1, -0.05) is 16.9 Å². The maximum absolute atomic E-state index is 5.54. The quantitative estimate of drug-likeness (QED) is 0.777. The molecule has 8 heteroatoms. The topological polar surface area (TPSA) is 95.7 Å². The van der Waals surface area contributed by atoms with Gasteiger partial charge in [-0.15, -0.1) is 10.2 Å².